The lowest BCUT2D eigenvalue weighted by Gasteiger charge is -2.14. The molecule has 0 radical (unpaired) electrons. The normalized spacial score (nSPS) is 10.3. The number of hydrogen-bond acceptors (Lipinski definition) is 6. The maximum absolute atomic E-state index is 13.5. The van der Waals surface area contributed by atoms with E-state index in [1.54, 1.807) is 30.3 Å². The predicted octanol–water partition coefficient (Wildman–Crippen LogP) is 4.68. The van der Waals surface area contributed by atoms with Gasteiger partial charge in [0.2, 0.25) is 11.7 Å². The van der Waals surface area contributed by atoms with Crippen molar-refractivity contribution >= 4 is 23.2 Å². The molecule has 0 aromatic heterocycles. The standard InChI is InChI=1S/C26H27FN2O6/c1-32-21-10-9-19(15-20(21)29-26(31)17-6-5-7-18(27)14-17)28-24(30)11-8-16-12-22(33-2)25(35-4)23(13-16)34-3/h5-7,9-10,12-15H,8,11H2,1-4H3,(H,28,30)(H,29,31). The average Bonchev–Trinajstić information content (AvgIpc) is 2.86. The molecule has 0 fully saturated rings. The van der Waals surface area contributed by atoms with Gasteiger partial charge in [-0.1, -0.05) is 6.07 Å². The van der Waals surface area contributed by atoms with Gasteiger partial charge in [0.1, 0.15) is 11.6 Å². The van der Waals surface area contributed by atoms with Crippen LogP contribution in [-0.4, -0.2) is 40.3 Å². The van der Waals surface area contributed by atoms with Crippen molar-refractivity contribution in [1.29, 1.82) is 0 Å². The van der Waals surface area contributed by atoms with Crippen LogP contribution in [0.2, 0.25) is 0 Å². The van der Waals surface area contributed by atoms with Crippen LogP contribution in [0.25, 0.3) is 0 Å². The van der Waals surface area contributed by atoms with Crippen molar-refractivity contribution < 1.29 is 32.9 Å². The second-order valence-corrected chi connectivity index (χ2v) is 7.46. The highest BCUT2D eigenvalue weighted by atomic mass is 19.1. The number of ether oxygens (including phenoxy) is 4. The first-order chi connectivity index (χ1) is 16.9. The lowest BCUT2D eigenvalue weighted by atomic mass is 10.1. The zero-order chi connectivity index (χ0) is 25.4. The summed E-state index contributed by atoms with van der Waals surface area (Å²) in [5.41, 5.74) is 1.80. The highest BCUT2D eigenvalue weighted by molar-refractivity contribution is 6.05. The molecule has 0 saturated heterocycles. The second-order valence-electron chi connectivity index (χ2n) is 7.46. The number of carbonyl (C=O) groups excluding carboxylic acids is 2. The molecule has 8 nitrogen and oxygen atoms in total. The van der Waals surface area contributed by atoms with Crippen molar-refractivity contribution in [3.8, 4) is 23.0 Å². The van der Waals surface area contributed by atoms with E-state index in [2.05, 4.69) is 10.6 Å². The van der Waals surface area contributed by atoms with Crippen LogP contribution in [0.4, 0.5) is 15.8 Å². The monoisotopic (exact) mass is 482 g/mol. The summed E-state index contributed by atoms with van der Waals surface area (Å²) in [6, 6.07) is 13.8. The fourth-order valence-electron chi connectivity index (χ4n) is 3.47. The molecule has 35 heavy (non-hydrogen) atoms. The highest BCUT2D eigenvalue weighted by Gasteiger charge is 2.15. The third-order valence-electron chi connectivity index (χ3n) is 5.18. The zero-order valence-electron chi connectivity index (χ0n) is 19.9. The van der Waals surface area contributed by atoms with Gasteiger partial charge < -0.3 is 29.6 Å². The third kappa shape index (κ3) is 6.41. The Morgan fingerprint density at radius 1 is 0.800 bits per heavy atom. The van der Waals surface area contributed by atoms with E-state index in [1.165, 1.54) is 46.6 Å². The number of aryl methyl sites for hydroxylation is 1. The fourth-order valence-corrected chi connectivity index (χ4v) is 3.47. The number of nitrogens with one attached hydrogen (secondary N) is 2. The molecule has 0 aliphatic heterocycles. The molecule has 3 aromatic rings. The number of anilines is 2. The largest absolute Gasteiger partial charge is 0.495 e. The molecule has 2 N–H and O–H groups in total. The molecular weight excluding hydrogens is 455 g/mol. The Kier molecular flexibility index (Phi) is 8.50. The van der Waals surface area contributed by atoms with Crippen molar-refractivity contribution in [2.45, 2.75) is 12.8 Å². The molecule has 9 heteroatoms. The van der Waals surface area contributed by atoms with E-state index in [9.17, 15) is 14.0 Å². The van der Waals surface area contributed by atoms with Crippen LogP contribution in [0.3, 0.4) is 0 Å². The van der Waals surface area contributed by atoms with E-state index in [1.807, 2.05) is 0 Å². The van der Waals surface area contributed by atoms with Crippen LogP contribution in [0.5, 0.6) is 23.0 Å². The van der Waals surface area contributed by atoms with Crippen molar-refractivity contribution in [3.63, 3.8) is 0 Å². The molecule has 0 atom stereocenters. The van der Waals surface area contributed by atoms with Crippen LogP contribution in [0.1, 0.15) is 22.3 Å². The molecule has 0 aliphatic rings. The van der Waals surface area contributed by atoms with Crippen molar-refractivity contribution in [2.24, 2.45) is 0 Å². The fraction of sp³-hybridized carbons (Fsp3) is 0.231. The van der Waals surface area contributed by atoms with Crippen LogP contribution in [0, 0.1) is 5.82 Å². The van der Waals surface area contributed by atoms with E-state index >= 15 is 0 Å². The van der Waals surface area contributed by atoms with E-state index in [4.69, 9.17) is 18.9 Å². The van der Waals surface area contributed by atoms with Gasteiger partial charge in [-0.25, -0.2) is 4.39 Å². The van der Waals surface area contributed by atoms with Gasteiger partial charge >= 0.3 is 0 Å². The average molecular weight is 483 g/mol. The molecule has 3 rings (SSSR count). The maximum Gasteiger partial charge on any atom is 0.255 e. The molecule has 0 heterocycles. The Bertz CT molecular complexity index is 1190. The number of carbonyl (C=O) groups is 2. The Hall–Kier alpha value is -4.27. The first-order valence-corrected chi connectivity index (χ1v) is 10.7. The summed E-state index contributed by atoms with van der Waals surface area (Å²) in [5.74, 6) is 0.643. The first kappa shape index (κ1) is 25.4. The molecule has 0 unspecified atom stereocenters. The molecule has 2 amide bonds. The van der Waals surface area contributed by atoms with Crippen LogP contribution in [-0.2, 0) is 11.2 Å². The van der Waals surface area contributed by atoms with E-state index in [0.717, 1.165) is 11.6 Å². The van der Waals surface area contributed by atoms with Gasteiger partial charge in [0.05, 0.1) is 34.1 Å². The van der Waals surface area contributed by atoms with Gasteiger partial charge in [-0.15, -0.1) is 0 Å². The Balaban J connectivity index is 1.69. The summed E-state index contributed by atoms with van der Waals surface area (Å²) in [6.07, 6.45) is 0.623. The summed E-state index contributed by atoms with van der Waals surface area (Å²) in [7, 11) is 6.05. The molecule has 3 aromatic carbocycles. The lowest BCUT2D eigenvalue weighted by molar-refractivity contribution is -0.116. The van der Waals surface area contributed by atoms with Crippen LogP contribution >= 0.6 is 0 Å². The smallest absolute Gasteiger partial charge is 0.255 e. The SMILES string of the molecule is COc1ccc(NC(=O)CCc2cc(OC)c(OC)c(OC)c2)cc1NC(=O)c1cccc(F)c1. The second kappa shape index (κ2) is 11.7. The quantitative estimate of drug-likeness (QED) is 0.436. The zero-order valence-corrected chi connectivity index (χ0v) is 19.9. The molecule has 0 bridgehead atoms. The molecular formula is C26H27FN2O6. The van der Waals surface area contributed by atoms with E-state index in [0.29, 0.717) is 40.8 Å². The number of methoxy groups -OCH3 is 4. The first-order valence-electron chi connectivity index (χ1n) is 10.7. The topological polar surface area (TPSA) is 95.1 Å². The minimum atomic E-state index is -0.516. The highest BCUT2D eigenvalue weighted by Crippen LogP contribution is 2.38. The van der Waals surface area contributed by atoms with Crippen LogP contribution in [0.15, 0.2) is 54.6 Å². The summed E-state index contributed by atoms with van der Waals surface area (Å²) >= 11 is 0. The maximum atomic E-state index is 13.5. The minimum absolute atomic E-state index is 0.159. The van der Waals surface area contributed by atoms with Crippen molar-refractivity contribution in [1.82, 2.24) is 0 Å². The number of halogens is 1. The van der Waals surface area contributed by atoms with Gasteiger partial charge in [-0.2, -0.15) is 0 Å². The predicted molar refractivity (Wildman–Crippen MR) is 130 cm³/mol. The van der Waals surface area contributed by atoms with E-state index < -0.39 is 11.7 Å². The number of benzene rings is 3. The third-order valence-corrected chi connectivity index (χ3v) is 5.18. The summed E-state index contributed by atoms with van der Waals surface area (Å²) in [5, 5.41) is 5.50. The van der Waals surface area contributed by atoms with Gasteiger partial charge in [-0.3, -0.25) is 9.59 Å². The number of rotatable bonds is 10. The van der Waals surface area contributed by atoms with Crippen molar-refractivity contribution in [3.05, 3.63) is 71.5 Å². The Labute approximate surface area is 203 Å². The summed E-state index contributed by atoms with van der Waals surface area (Å²) in [6.45, 7) is 0. The Morgan fingerprint density at radius 3 is 2.09 bits per heavy atom. The van der Waals surface area contributed by atoms with Crippen molar-refractivity contribution in [2.75, 3.05) is 39.1 Å². The molecule has 0 saturated carbocycles. The molecule has 0 spiro atoms. The van der Waals surface area contributed by atoms with Gasteiger partial charge in [0.25, 0.3) is 5.91 Å². The van der Waals surface area contributed by atoms with Gasteiger partial charge in [-0.05, 0) is 60.5 Å². The van der Waals surface area contributed by atoms with Crippen LogP contribution < -0.4 is 29.6 Å². The van der Waals surface area contributed by atoms with E-state index in [-0.39, 0.29) is 17.9 Å². The number of amides is 2. The molecule has 0 aliphatic carbocycles. The minimum Gasteiger partial charge on any atom is -0.495 e. The van der Waals surface area contributed by atoms with Gasteiger partial charge in [0, 0.05) is 17.7 Å². The molecule has 184 valence electrons. The Morgan fingerprint density at radius 2 is 1.49 bits per heavy atom. The summed E-state index contributed by atoms with van der Waals surface area (Å²) in [4.78, 5) is 25.1. The summed E-state index contributed by atoms with van der Waals surface area (Å²) < 4.78 is 34.8. The lowest BCUT2D eigenvalue weighted by Crippen LogP contribution is -2.15. The van der Waals surface area contributed by atoms with Gasteiger partial charge in [0.15, 0.2) is 11.5 Å². The number of hydrogen-bond donors (Lipinski definition) is 2.